The van der Waals surface area contributed by atoms with Gasteiger partial charge in [0, 0.05) is 6.42 Å². The van der Waals surface area contributed by atoms with Crippen LogP contribution in [0.5, 0.6) is 17.2 Å². The number of hydrogen-bond acceptors (Lipinski definition) is 4. The molecule has 0 saturated heterocycles. The highest BCUT2D eigenvalue weighted by Crippen LogP contribution is 2.34. The molecule has 0 fully saturated rings. The molecule has 0 unspecified atom stereocenters. The summed E-state index contributed by atoms with van der Waals surface area (Å²) in [6.45, 7) is 9.41. The summed E-state index contributed by atoms with van der Waals surface area (Å²) >= 11 is 0. The minimum atomic E-state index is -0.145. The number of para-hydroxylation sites is 1. The van der Waals surface area contributed by atoms with E-state index in [1.54, 1.807) is 0 Å². The van der Waals surface area contributed by atoms with Gasteiger partial charge in [-0.1, -0.05) is 38.1 Å². The van der Waals surface area contributed by atoms with Crippen molar-refractivity contribution in [3.05, 3.63) is 53.1 Å². The fraction of sp³-hybridized carbons (Fsp3) is 0.435. The van der Waals surface area contributed by atoms with Crippen LogP contribution in [0.4, 0.5) is 0 Å². The summed E-state index contributed by atoms with van der Waals surface area (Å²) < 4.78 is 17.3. The van der Waals surface area contributed by atoms with Gasteiger partial charge in [0.25, 0.3) is 5.91 Å². The molecule has 5 heteroatoms. The van der Waals surface area contributed by atoms with Crippen LogP contribution in [-0.4, -0.2) is 25.7 Å². The Bertz CT molecular complexity index is 811. The van der Waals surface area contributed by atoms with Crippen molar-refractivity contribution in [3.63, 3.8) is 0 Å². The molecule has 0 saturated carbocycles. The molecule has 150 valence electrons. The zero-order valence-electron chi connectivity index (χ0n) is 17.1. The number of nitrogens with one attached hydrogen (secondary N) is 1. The molecule has 1 amide bonds. The van der Waals surface area contributed by atoms with Gasteiger partial charge in [-0.15, -0.1) is 0 Å². The second-order valence-corrected chi connectivity index (χ2v) is 7.56. The van der Waals surface area contributed by atoms with Gasteiger partial charge in [-0.2, -0.15) is 0 Å². The Morgan fingerprint density at radius 2 is 1.75 bits per heavy atom. The molecule has 0 bridgehead atoms. The summed E-state index contributed by atoms with van der Waals surface area (Å²) in [5.41, 5.74) is 3.05. The molecule has 0 radical (unpaired) electrons. The molecule has 1 heterocycles. The topological polar surface area (TPSA) is 56.8 Å². The normalized spacial score (nSPS) is 14.3. The first kappa shape index (κ1) is 20.1. The van der Waals surface area contributed by atoms with E-state index in [0.29, 0.717) is 13.2 Å². The second-order valence-electron chi connectivity index (χ2n) is 7.56. The summed E-state index contributed by atoms with van der Waals surface area (Å²) in [4.78, 5) is 12.6. The van der Waals surface area contributed by atoms with Gasteiger partial charge in [0.1, 0.15) is 5.75 Å². The molecule has 1 aliphatic rings. The van der Waals surface area contributed by atoms with Crippen molar-refractivity contribution < 1.29 is 19.0 Å². The molecular formula is C23H29NO4. The Labute approximate surface area is 167 Å². The molecule has 1 N–H and O–H groups in total. The minimum absolute atomic E-state index is 0.0144. The molecule has 28 heavy (non-hydrogen) atoms. The minimum Gasteiger partial charge on any atom is -0.490 e. The van der Waals surface area contributed by atoms with Gasteiger partial charge in [0.15, 0.2) is 18.1 Å². The highest BCUT2D eigenvalue weighted by molar-refractivity contribution is 5.78. The van der Waals surface area contributed by atoms with Gasteiger partial charge < -0.3 is 19.5 Å². The van der Waals surface area contributed by atoms with Crippen LogP contribution >= 0.6 is 0 Å². The third-order valence-electron chi connectivity index (χ3n) is 4.87. The van der Waals surface area contributed by atoms with E-state index >= 15 is 0 Å². The van der Waals surface area contributed by atoms with Gasteiger partial charge in [-0.05, 0) is 48.6 Å². The van der Waals surface area contributed by atoms with Crippen molar-refractivity contribution in [2.75, 3.05) is 19.8 Å². The van der Waals surface area contributed by atoms with E-state index in [0.717, 1.165) is 40.4 Å². The molecule has 2 aromatic carbocycles. The lowest BCUT2D eigenvalue weighted by atomic mass is 9.95. The van der Waals surface area contributed by atoms with Crippen molar-refractivity contribution in [1.29, 1.82) is 0 Å². The maximum absolute atomic E-state index is 12.6. The number of hydrogen-bond donors (Lipinski definition) is 1. The number of ether oxygens (including phenoxy) is 3. The predicted octanol–water partition coefficient (Wildman–Crippen LogP) is 4.36. The predicted molar refractivity (Wildman–Crippen MR) is 109 cm³/mol. The van der Waals surface area contributed by atoms with E-state index in [-0.39, 0.29) is 24.5 Å². The molecule has 0 aromatic heterocycles. The Morgan fingerprint density at radius 1 is 1.07 bits per heavy atom. The number of rotatable bonds is 6. The summed E-state index contributed by atoms with van der Waals surface area (Å²) in [6.07, 6.45) is 0.865. The third kappa shape index (κ3) is 4.77. The summed E-state index contributed by atoms with van der Waals surface area (Å²) in [5, 5.41) is 3.10. The van der Waals surface area contributed by atoms with E-state index in [2.05, 4.69) is 19.2 Å². The van der Waals surface area contributed by atoms with Crippen LogP contribution in [0.25, 0.3) is 0 Å². The lowest BCUT2D eigenvalue weighted by Crippen LogP contribution is -2.35. The smallest absolute Gasteiger partial charge is 0.258 e. The summed E-state index contributed by atoms with van der Waals surface area (Å²) in [7, 11) is 0. The Balaban J connectivity index is 1.69. The Hall–Kier alpha value is -2.69. The molecule has 3 rings (SSSR count). The largest absolute Gasteiger partial charge is 0.490 e. The van der Waals surface area contributed by atoms with Crippen molar-refractivity contribution >= 4 is 5.91 Å². The van der Waals surface area contributed by atoms with E-state index in [9.17, 15) is 4.79 Å². The second kappa shape index (κ2) is 9.00. The SMILES string of the molecule is Cc1cccc(C)c1OCC(=O)N[C@H](c1ccc2c(c1)OCCCO2)C(C)C. The number of fused-ring (bicyclic) bond motifs is 1. The Kier molecular flexibility index (Phi) is 6.45. The fourth-order valence-corrected chi connectivity index (χ4v) is 3.39. The monoisotopic (exact) mass is 383 g/mol. The van der Waals surface area contributed by atoms with Gasteiger partial charge in [0.2, 0.25) is 0 Å². The maximum atomic E-state index is 12.6. The number of carbonyl (C=O) groups is 1. The summed E-state index contributed by atoms with van der Waals surface area (Å²) in [6, 6.07) is 11.7. The zero-order valence-corrected chi connectivity index (χ0v) is 17.1. The van der Waals surface area contributed by atoms with Crippen LogP contribution in [0.3, 0.4) is 0 Å². The molecule has 0 spiro atoms. The summed E-state index contributed by atoms with van der Waals surface area (Å²) in [5.74, 6) is 2.34. The van der Waals surface area contributed by atoms with Crippen LogP contribution in [0, 0.1) is 19.8 Å². The number of amides is 1. The quantitative estimate of drug-likeness (QED) is 0.805. The first-order valence-electron chi connectivity index (χ1n) is 9.83. The fourth-order valence-electron chi connectivity index (χ4n) is 3.39. The average molecular weight is 383 g/mol. The van der Waals surface area contributed by atoms with E-state index in [1.165, 1.54) is 0 Å². The van der Waals surface area contributed by atoms with Crippen LogP contribution in [0.15, 0.2) is 36.4 Å². The first-order valence-corrected chi connectivity index (χ1v) is 9.83. The lowest BCUT2D eigenvalue weighted by Gasteiger charge is -2.24. The number of carbonyl (C=O) groups excluding carboxylic acids is 1. The molecule has 5 nitrogen and oxygen atoms in total. The zero-order chi connectivity index (χ0) is 20.1. The van der Waals surface area contributed by atoms with Crippen molar-refractivity contribution in [2.24, 2.45) is 5.92 Å². The van der Waals surface area contributed by atoms with E-state index < -0.39 is 0 Å². The molecule has 0 aliphatic carbocycles. The van der Waals surface area contributed by atoms with Crippen LogP contribution in [-0.2, 0) is 4.79 Å². The maximum Gasteiger partial charge on any atom is 0.258 e. The molecule has 1 aliphatic heterocycles. The lowest BCUT2D eigenvalue weighted by molar-refractivity contribution is -0.124. The average Bonchev–Trinajstić information content (AvgIpc) is 2.90. The van der Waals surface area contributed by atoms with Gasteiger partial charge in [-0.3, -0.25) is 4.79 Å². The first-order chi connectivity index (χ1) is 13.5. The highest BCUT2D eigenvalue weighted by Gasteiger charge is 2.21. The van der Waals surface area contributed by atoms with Crippen molar-refractivity contribution in [1.82, 2.24) is 5.32 Å². The van der Waals surface area contributed by atoms with Crippen molar-refractivity contribution in [3.8, 4) is 17.2 Å². The van der Waals surface area contributed by atoms with Crippen LogP contribution in [0.1, 0.15) is 43.0 Å². The number of aryl methyl sites for hydroxylation is 2. The van der Waals surface area contributed by atoms with Gasteiger partial charge in [-0.25, -0.2) is 0 Å². The van der Waals surface area contributed by atoms with Crippen LogP contribution in [0.2, 0.25) is 0 Å². The number of benzene rings is 2. The Morgan fingerprint density at radius 3 is 2.43 bits per heavy atom. The van der Waals surface area contributed by atoms with Gasteiger partial charge >= 0.3 is 0 Å². The van der Waals surface area contributed by atoms with E-state index in [1.807, 2.05) is 50.2 Å². The van der Waals surface area contributed by atoms with Crippen molar-refractivity contribution in [2.45, 2.75) is 40.2 Å². The molecular weight excluding hydrogens is 354 g/mol. The van der Waals surface area contributed by atoms with E-state index in [4.69, 9.17) is 14.2 Å². The van der Waals surface area contributed by atoms with Gasteiger partial charge in [0.05, 0.1) is 19.3 Å². The third-order valence-corrected chi connectivity index (χ3v) is 4.87. The highest BCUT2D eigenvalue weighted by atomic mass is 16.5. The van der Waals surface area contributed by atoms with Crippen LogP contribution < -0.4 is 19.5 Å². The standard InChI is InChI=1S/C23H29NO4/c1-15(2)22(18-9-10-19-20(13-18)27-12-6-11-26-19)24-21(25)14-28-23-16(3)7-5-8-17(23)4/h5,7-10,13,15,22H,6,11-12,14H2,1-4H3,(H,24,25)/t22-/m0/s1. The molecule has 1 atom stereocenters. The molecule has 2 aromatic rings.